The Morgan fingerprint density at radius 1 is 1.06 bits per heavy atom. The number of halogens is 1. The summed E-state index contributed by atoms with van der Waals surface area (Å²) in [6.45, 7) is 3.20. The van der Waals surface area contributed by atoms with E-state index in [0.29, 0.717) is 19.1 Å². The molecule has 1 aromatic carbocycles. The van der Waals surface area contributed by atoms with Crippen molar-refractivity contribution in [1.82, 2.24) is 5.32 Å². The molecule has 2 fully saturated rings. The predicted molar refractivity (Wildman–Crippen MR) is 65.6 cm³/mol. The Hall–Kier alpha value is -0.970. The van der Waals surface area contributed by atoms with Gasteiger partial charge in [-0.05, 0) is 38.1 Å². The van der Waals surface area contributed by atoms with Gasteiger partial charge in [-0.1, -0.05) is 12.1 Å². The lowest BCUT2D eigenvalue weighted by Gasteiger charge is -2.38. The number of piperidine rings is 1. The average molecular weight is 251 g/mol. The molecule has 98 valence electrons. The smallest absolute Gasteiger partial charge is 0.197 e. The third kappa shape index (κ3) is 2.05. The van der Waals surface area contributed by atoms with Gasteiger partial charge in [-0.15, -0.1) is 0 Å². The molecular weight excluding hydrogens is 233 g/mol. The van der Waals surface area contributed by atoms with Crippen LogP contribution in [0, 0.1) is 11.7 Å². The summed E-state index contributed by atoms with van der Waals surface area (Å²) in [6, 6.07) is 6.51. The van der Waals surface area contributed by atoms with Crippen molar-refractivity contribution >= 4 is 0 Å². The quantitative estimate of drug-likeness (QED) is 0.872. The molecule has 0 amide bonds. The Kier molecular flexibility index (Phi) is 3.33. The van der Waals surface area contributed by atoms with E-state index < -0.39 is 5.79 Å². The number of benzene rings is 1. The van der Waals surface area contributed by atoms with Gasteiger partial charge in [0.05, 0.1) is 13.2 Å². The van der Waals surface area contributed by atoms with Gasteiger partial charge >= 0.3 is 0 Å². The van der Waals surface area contributed by atoms with Gasteiger partial charge < -0.3 is 14.8 Å². The molecule has 3 nitrogen and oxygen atoms in total. The third-order valence-corrected chi connectivity index (χ3v) is 3.84. The maximum atomic E-state index is 13.0. The molecule has 4 heteroatoms. The summed E-state index contributed by atoms with van der Waals surface area (Å²) in [5.41, 5.74) is 0.938. The van der Waals surface area contributed by atoms with Crippen LogP contribution in [0.4, 0.5) is 4.39 Å². The maximum absolute atomic E-state index is 13.0. The van der Waals surface area contributed by atoms with Gasteiger partial charge in [-0.3, -0.25) is 0 Å². The number of rotatable bonds is 2. The summed E-state index contributed by atoms with van der Waals surface area (Å²) in [5.74, 6) is -0.542. The van der Waals surface area contributed by atoms with Crippen molar-refractivity contribution in [3.8, 4) is 0 Å². The van der Waals surface area contributed by atoms with Crippen LogP contribution in [0.2, 0.25) is 0 Å². The Labute approximate surface area is 106 Å². The van der Waals surface area contributed by atoms with Crippen LogP contribution < -0.4 is 5.32 Å². The summed E-state index contributed by atoms with van der Waals surface area (Å²) in [5, 5.41) is 3.34. The largest absolute Gasteiger partial charge is 0.343 e. The zero-order valence-corrected chi connectivity index (χ0v) is 10.3. The van der Waals surface area contributed by atoms with Crippen LogP contribution in [0.1, 0.15) is 18.4 Å². The van der Waals surface area contributed by atoms with Crippen molar-refractivity contribution in [2.45, 2.75) is 18.6 Å². The van der Waals surface area contributed by atoms with E-state index in [1.54, 1.807) is 12.1 Å². The molecule has 1 aromatic rings. The van der Waals surface area contributed by atoms with Crippen molar-refractivity contribution in [1.29, 1.82) is 0 Å². The molecule has 2 aliphatic heterocycles. The molecule has 2 aliphatic rings. The van der Waals surface area contributed by atoms with Gasteiger partial charge in [-0.25, -0.2) is 4.39 Å². The van der Waals surface area contributed by atoms with Crippen LogP contribution in [0.5, 0.6) is 0 Å². The number of hydrogen-bond donors (Lipinski definition) is 1. The van der Waals surface area contributed by atoms with Crippen LogP contribution in [0.15, 0.2) is 24.3 Å². The summed E-state index contributed by atoms with van der Waals surface area (Å²) < 4.78 is 24.9. The molecule has 0 unspecified atom stereocenters. The lowest BCUT2D eigenvalue weighted by atomic mass is 9.84. The van der Waals surface area contributed by atoms with Crippen LogP contribution in [0.3, 0.4) is 0 Å². The predicted octanol–water partition coefficient (Wildman–Crippen LogP) is 2.02. The fourth-order valence-electron chi connectivity index (χ4n) is 2.95. The molecule has 0 atom stereocenters. The van der Waals surface area contributed by atoms with Crippen molar-refractivity contribution in [3.63, 3.8) is 0 Å². The van der Waals surface area contributed by atoms with Crippen LogP contribution in [-0.2, 0) is 15.3 Å². The molecular formula is C14H18FNO2. The molecule has 0 radical (unpaired) electrons. The fourth-order valence-corrected chi connectivity index (χ4v) is 2.95. The van der Waals surface area contributed by atoms with E-state index >= 15 is 0 Å². The number of hydrogen-bond acceptors (Lipinski definition) is 3. The van der Waals surface area contributed by atoms with Gasteiger partial charge in [0.2, 0.25) is 0 Å². The first-order chi connectivity index (χ1) is 8.81. The standard InChI is InChI=1S/C14H18FNO2/c15-13-3-1-11(2-4-13)14(17-9-10-18-14)12-5-7-16-8-6-12/h1-4,12,16H,5-10H2. The van der Waals surface area contributed by atoms with Gasteiger partial charge in [0, 0.05) is 11.5 Å². The minimum Gasteiger partial charge on any atom is -0.343 e. The van der Waals surface area contributed by atoms with E-state index in [2.05, 4.69) is 5.32 Å². The zero-order valence-electron chi connectivity index (χ0n) is 10.3. The lowest BCUT2D eigenvalue weighted by molar-refractivity contribution is -0.210. The molecule has 2 heterocycles. The fraction of sp³-hybridized carbons (Fsp3) is 0.571. The molecule has 1 N–H and O–H groups in total. The second kappa shape index (κ2) is 4.96. The van der Waals surface area contributed by atoms with Gasteiger partial charge in [0.25, 0.3) is 0 Å². The summed E-state index contributed by atoms with van der Waals surface area (Å²) in [4.78, 5) is 0. The minimum atomic E-state index is -0.657. The van der Waals surface area contributed by atoms with Crippen molar-refractivity contribution < 1.29 is 13.9 Å². The maximum Gasteiger partial charge on any atom is 0.197 e. The molecule has 0 aromatic heterocycles. The Balaban J connectivity index is 1.92. The highest BCUT2D eigenvalue weighted by molar-refractivity contribution is 5.23. The average Bonchev–Trinajstić information content (AvgIpc) is 2.91. The van der Waals surface area contributed by atoms with Crippen molar-refractivity contribution in [3.05, 3.63) is 35.6 Å². The first-order valence-corrected chi connectivity index (χ1v) is 6.56. The van der Waals surface area contributed by atoms with E-state index in [0.717, 1.165) is 31.5 Å². The molecule has 3 rings (SSSR count). The zero-order chi connectivity index (χ0) is 12.4. The molecule has 0 bridgehead atoms. The van der Waals surface area contributed by atoms with Crippen LogP contribution in [-0.4, -0.2) is 26.3 Å². The van der Waals surface area contributed by atoms with Gasteiger partial charge in [0.1, 0.15) is 5.82 Å². The van der Waals surface area contributed by atoms with Crippen molar-refractivity contribution in [2.24, 2.45) is 5.92 Å². The Bertz CT molecular complexity index is 395. The van der Waals surface area contributed by atoms with E-state index in [1.165, 1.54) is 12.1 Å². The van der Waals surface area contributed by atoms with Gasteiger partial charge in [0.15, 0.2) is 5.79 Å². The second-order valence-corrected chi connectivity index (χ2v) is 4.90. The summed E-state index contributed by atoms with van der Waals surface area (Å²) in [7, 11) is 0. The van der Waals surface area contributed by atoms with Gasteiger partial charge in [-0.2, -0.15) is 0 Å². The molecule has 18 heavy (non-hydrogen) atoms. The van der Waals surface area contributed by atoms with Crippen molar-refractivity contribution in [2.75, 3.05) is 26.3 Å². The summed E-state index contributed by atoms with van der Waals surface area (Å²) >= 11 is 0. The highest BCUT2D eigenvalue weighted by Gasteiger charge is 2.46. The lowest BCUT2D eigenvalue weighted by Crippen LogP contribution is -2.42. The monoisotopic (exact) mass is 251 g/mol. The second-order valence-electron chi connectivity index (χ2n) is 4.90. The first-order valence-electron chi connectivity index (χ1n) is 6.56. The SMILES string of the molecule is Fc1ccc(C2(C3CCNCC3)OCCO2)cc1. The topological polar surface area (TPSA) is 30.5 Å². The number of ether oxygens (including phenoxy) is 2. The summed E-state index contributed by atoms with van der Waals surface area (Å²) in [6.07, 6.45) is 2.05. The minimum absolute atomic E-state index is 0.225. The Morgan fingerprint density at radius 3 is 2.28 bits per heavy atom. The van der Waals surface area contributed by atoms with E-state index in [1.807, 2.05) is 0 Å². The van der Waals surface area contributed by atoms with Crippen LogP contribution >= 0.6 is 0 Å². The first kappa shape index (κ1) is 12.1. The van der Waals surface area contributed by atoms with E-state index in [4.69, 9.17) is 9.47 Å². The molecule has 2 saturated heterocycles. The highest BCUT2D eigenvalue weighted by atomic mass is 19.1. The van der Waals surface area contributed by atoms with E-state index in [-0.39, 0.29) is 5.82 Å². The van der Waals surface area contributed by atoms with Crippen LogP contribution in [0.25, 0.3) is 0 Å². The Morgan fingerprint density at radius 2 is 1.67 bits per heavy atom. The van der Waals surface area contributed by atoms with E-state index in [9.17, 15) is 4.39 Å². The molecule has 0 spiro atoms. The molecule has 0 aliphatic carbocycles. The highest BCUT2D eigenvalue weighted by Crippen LogP contribution is 2.42. The third-order valence-electron chi connectivity index (χ3n) is 3.84. The molecule has 0 saturated carbocycles. The normalized spacial score (nSPS) is 24.3. The number of nitrogens with one attached hydrogen (secondary N) is 1.